The number of amides is 1. The summed E-state index contributed by atoms with van der Waals surface area (Å²) in [5.41, 5.74) is 0.928. The number of hydrogen-bond donors (Lipinski definition) is 2. The van der Waals surface area contributed by atoms with E-state index in [1.807, 2.05) is 0 Å². The van der Waals surface area contributed by atoms with Crippen LogP contribution in [0.1, 0.15) is 44.1 Å². The lowest BCUT2D eigenvalue weighted by Crippen LogP contribution is -2.33. The molecule has 3 fully saturated rings. The molecular formula is C18H24N2O3S. The minimum absolute atomic E-state index is 0.107. The molecule has 1 amide bonds. The highest BCUT2D eigenvalue weighted by Crippen LogP contribution is 2.48. The fraction of sp³-hybridized carbons (Fsp3) is 0.611. The monoisotopic (exact) mass is 348 g/mol. The van der Waals surface area contributed by atoms with Crippen LogP contribution in [0.4, 0.5) is 0 Å². The smallest absolute Gasteiger partial charge is 0.240 e. The van der Waals surface area contributed by atoms with Gasteiger partial charge in [-0.2, -0.15) is 0 Å². The number of nitrogens with one attached hydrogen (secondary N) is 2. The van der Waals surface area contributed by atoms with Crippen LogP contribution in [-0.2, 0) is 21.4 Å². The molecule has 3 aliphatic rings. The molecule has 0 aromatic heterocycles. The van der Waals surface area contributed by atoms with E-state index < -0.39 is 10.0 Å². The molecule has 6 heteroatoms. The van der Waals surface area contributed by atoms with Crippen molar-refractivity contribution in [2.45, 2.75) is 56.0 Å². The van der Waals surface area contributed by atoms with Crippen molar-refractivity contribution in [2.24, 2.45) is 17.8 Å². The van der Waals surface area contributed by atoms with Gasteiger partial charge in [-0.15, -0.1) is 0 Å². The van der Waals surface area contributed by atoms with Crippen molar-refractivity contribution >= 4 is 15.9 Å². The van der Waals surface area contributed by atoms with Crippen LogP contribution in [0.3, 0.4) is 0 Å². The zero-order chi connectivity index (χ0) is 16.7. The summed E-state index contributed by atoms with van der Waals surface area (Å²) < 4.78 is 26.9. The second kappa shape index (κ2) is 6.15. The first-order valence-corrected chi connectivity index (χ1v) is 10.4. The molecule has 1 aromatic carbocycles. The van der Waals surface area contributed by atoms with Crippen molar-refractivity contribution in [3.05, 3.63) is 29.8 Å². The van der Waals surface area contributed by atoms with Gasteiger partial charge in [-0.05, 0) is 61.6 Å². The normalized spacial score (nSPS) is 28.9. The Hall–Kier alpha value is -1.40. The van der Waals surface area contributed by atoms with E-state index in [1.54, 1.807) is 24.3 Å². The van der Waals surface area contributed by atoms with E-state index >= 15 is 0 Å². The van der Waals surface area contributed by atoms with Crippen LogP contribution in [0.15, 0.2) is 29.2 Å². The zero-order valence-electron chi connectivity index (χ0n) is 13.7. The van der Waals surface area contributed by atoms with Crippen LogP contribution < -0.4 is 10.0 Å². The van der Waals surface area contributed by atoms with Gasteiger partial charge in [-0.25, -0.2) is 13.1 Å². The molecule has 1 aromatic rings. The van der Waals surface area contributed by atoms with Crippen molar-refractivity contribution in [3.63, 3.8) is 0 Å². The molecule has 3 aliphatic carbocycles. The van der Waals surface area contributed by atoms with Crippen LogP contribution in [0.2, 0.25) is 0 Å². The van der Waals surface area contributed by atoms with E-state index in [9.17, 15) is 13.2 Å². The zero-order valence-corrected chi connectivity index (χ0v) is 14.5. The quantitative estimate of drug-likeness (QED) is 0.827. The maximum atomic E-state index is 12.3. The minimum atomic E-state index is -3.40. The Morgan fingerprint density at radius 1 is 1.04 bits per heavy atom. The fourth-order valence-electron chi connectivity index (χ4n) is 4.16. The van der Waals surface area contributed by atoms with Gasteiger partial charge >= 0.3 is 0 Å². The molecule has 5 nitrogen and oxygen atoms in total. The van der Waals surface area contributed by atoms with Crippen LogP contribution >= 0.6 is 0 Å². The fourth-order valence-corrected chi connectivity index (χ4v) is 5.47. The molecule has 2 bridgehead atoms. The molecule has 24 heavy (non-hydrogen) atoms. The molecule has 0 spiro atoms. The van der Waals surface area contributed by atoms with Gasteiger partial charge in [0.2, 0.25) is 15.9 Å². The van der Waals surface area contributed by atoms with Crippen molar-refractivity contribution in [1.82, 2.24) is 10.0 Å². The summed E-state index contributed by atoms with van der Waals surface area (Å²) in [6.07, 6.45) is 6.60. The largest absolute Gasteiger partial charge is 0.352 e. The average Bonchev–Trinajstić information content (AvgIpc) is 3.11. The lowest BCUT2D eigenvalue weighted by atomic mass is 9.88. The second-order valence-corrected chi connectivity index (χ2v) is 9.25. The third kappa shape index (κ3) is 3.35. The highest BCUT2D eigenvalue weighted by molar-refractivity contribution is 7.89. The maximum absolute atomic E-state index is 12.3. The van der Waals surface area contributed by atoms with Gasteiger partial charge in [0.1, 0.15) is 0 Å². The Balaban J connectivity index is 1.33. The summed E-state index contributed by atoms with van der Waals surface area (Å²) in [5.74, 6) is 1.69. The topological polar surface area (TPSA) is 75.3 Å². The van der Waals surface area contributed by atoms with Crippen LogP contribution in [-0.4, -0.2) is 20.4 Å². The summed E-state index contributed by atoms with van der Waals surface area (Å²) in [7, 11) is -3.40. The first-order chi connectivity index (χ1) is 11.5. The summed E-state index contributed by atoms with van der Waals surface area (Å²) in [6, 6.07) is 6.90. The molecule has 0 aliphatic heterocycles. The van der Waals surface area contributed by atoms with Crippen molar-refractivity contribution in [2.75, 3.05) is 0 Å². The summed E-state index contributed by atoms with van der Waals surface area (Å²) >= 11 is 0. The lowest BCUT2D eigenvalue weighted by Gasteiger charge is -2.20. The van der Waals surface area contributed by atoms with Crippen LogP contribution in [0.25, 0.3) is 0 Å². The number of carbonyl (C=O) groups is 1. The molecule has 3 atom stereocenters. The van der Waals surface area contributed by atoms with Gasteiger partial charge in [0.25, 0.3) is 0 Å². The average molecular weight is 348 g/mol. The van der Waals surface area contributed by atoms with Crippen molar-refractivity contribution < 1.29 is 13.2 Å². The van der Waals surface area contributed by atoms with E-state index in [0.29, 0.717) is 12.5 Å². The molecule has 130 valence electrons. The number of fused-ring (bicyclic) bond motifs is 2. The summed E-state index contributed by atoms with van der Waals surface area (Å²) in [5, 5.41) is 3.02. The number of sulfonamides is 1. The van der Waals surface area contributed by atoms with E-state index in [4.69, 9.17) is 0 Å². The predicted octanol–water partition coefficient (Wildman–Crippen LogP) is 2.18. The number of carbonyl (C=O) groups excluding carboxylic acids is 1. The Bertz CT molecular complexity index is 725. The van der Waals surface area contributed by atoms with Gasteiger partial charge < -0.3 is 5.32 Å². The molecule has 0 heterocycles. The Morgan fingerprint density at radius 2 is 1.79 bits per heavy atom. The van der Waals surface area contributed by atoms with Crippen LogP contribution in [0, 0.1) is 17.8 Å². The SMILES string of the molecule is O=C(NCc1ccc(S(=O)(=O)NC2CC2)cc1)C1CC2CCC1C2. The third-order valence-corrected chi connectivity index (χ3v) is 7.21. The van der Waals surface area contributed by atoms with E-state index in [1.165, 1.54) is 19.3 Å². The Labute approximate surface area is 143 Å². The maximum Gasteiger partial charge on any atom is 0.240 e. The highest BCUT2D eigenvalue weighted by atomic mass is 32.2. The summed E-state index contributed by atoms with van der Waals surface area (Å²) in [4.78, 5) is 12.6. The second-order valence-electron chi connectivity index (χ2n) is 7.54. The van der Waals surface area contributed by atoms with E-state index in [0.717, 1.165) is 30.7 Å². The molecule has 0 radical (unpaired) electrons. The minimum Gasteiger partial charge on any atom is -0.352 e. The van der Waals surface area contributed by atoms with Crippen LogP contribution in [0.5, 0.6) is 0 Å². The Morgan fingerprint density at radius 3 is 2.38 bits per heavy atom. The van der Waals surface area contributed by atoms with Gasteiger partial charge in [0, 0.05) is 18.5 Å². The highest BCUT2D eigenvalue weighted by Gasteiger charge is 2.42. The van der Waals surface area contributed by atoms with Crippen molar-refractivity contribution in [3.8, 4) is 0 Å². The number of rotatable bonds is 6. The van der Waals surface area contributed by atoms with E-state index in [2.05, 4.69) is 10.0 Å². The first kappa shape index (κ1) is 16.1. The van der Waals surface area contributed by atoms with E-state index in [-0.39, 0.29) is 22.8 Å². The Kier molecular flexibility index (Phi) is 4.12. The molecular weight excluding hydrogens is 324 g/mol. The van der Waals surface area contributed by atoms with Gasteiger partial charge in [0.05, 0.1) is 4.90 Å². The number of benzene rings is 1. The first-order valence-electron chi connectivity index (χ1n) is 8.90. The summed E-state index contributed by atoms with van der Waals surface area (Å²) in [6.45, 7) is 0.461. The molecule has 3 saturated carbocycles. The molecule has 2 N–H and O–H groups in total. The van der Waals surface area contributed by atoms with Gasteiger partial charge in [-0.3, -0.25) is 4.79 Å². The number of hydrogen-bond acceptors (Lipinski definition) is 3. The lowest BCUT2D eigenvalue weighted by molar-refractivity contribution is -0.126. The molecule has 4 rings (SSSR count). The third-order valence-electron chi connectivity index (χ3n) is 5.67. The molecule has 0 saturated heterocycles. The van der Waals surface area contributed by atoms with Gasteiger partial charge in [-0.1, -0.05) is 18.6 Å². The van der Waals surface area contributed by atoms with Gasteiger partial charge in [0.15, 0.2) is 0 Å². The molecule has 3 unspecified atom stereocenters. The standard InChI is InChI=1S/C18H24N2O3S/c21-18(17-10-13-1-4-14(17)9-13)19-11-12-2-7-16(8-3-12)24(22,23)20-15-5-6-15/h2-3,7-8,13-15,17,20H,1,4-6,9-11H2,(H,19,21). The van der Waals surface area contributed by atoms with Crippen molar-refractivity contribution in [1.29, 1.82) is 0 Å². The predicted molar refractivity (Wildman–Crippen MR) is 90.6 cm³/mol.